The Morgan fingerprint density at radius 3 is 2.36 bits per heavy atom. The zero-order valence-corrected chi connectivity index (χ0v) is 19.3. The highest BCUT2D eigenvalue weighted by atomic mass is 32.1. The van der Waals surface area contributed by atoms with Crippen molar-refractivity contribution in [1.82, 2.24) is 19.7 Å². The van der Waals surface area contributed by atoms with E-state index in [1.54, 1.807) is 18.0 Å². The van der Waals surface area contributed by atoms with Crippen molar-refractivity contribution in [3.63, 3.8) is 0 Å². The quantitative estimate of drug-likeness (QED) is 0.583. The maximum atomic E-state index is 13.0. The summed E-state index contributed by atoms with van der Waals surface area (Å²) in [6, 6.07) is 16.0. The Morgan fingerprint density at radius 2 is 1.70 bits per heavy atom. The first kappa shape index (κ1) is 21.6. The standard InChI is InChI=1S/C25H26N4O3S/c1-32-22-7-5-18(6-8-22)19-3-2-4-20(13-19)24(30)29-14-21(15-29)27-9-11-28(12-10-27)25(31)23-16-33-17-26-23/h2-8,13,16-17,21H,9-12,14-15H2,1H3. The predicted molar refractivity (Wildman–Crippen MR) is 128 cm³/mol. The summed E-state index contributed by atoms with van der Waals surface area (Å²) in [7, 11) is 1.65. The first-order valence-corrected chi connectivity index (χ1v) is 12.0. The number of rotatable bonds is 5. The molecule has 0 unspecified atom stereocenters. The Labute approximate surface area is 197 Å². The molecule has 3 aromatic rings. The fraction of sp³-hybridized carbons (Fsp3) is 0.320. The number of amides is 2. The number of carbonyl (C=O) groups excluding carboxylic acids is 2. The lowest BCUT2D eigenvalue weighted by Crippen LogP contribution is -2.64. The molecular formula is C25H26N4O3S. The van der Waals surface area contributed by atoms with E-state index in [4.69, 9.17) is 4.74 Å². The lowest BCUT2D eigenvalue weighted by atomic mass is 10.00. The second kappa shape index (κ2) is 9.33. The van der Waals surface area contributed by atoms with Crippen LogP contribution in [0, 0.1) is 0 Å². The Balaban J connectivity index is 1.15. The van der Waals surface area contributed by atoms with Crippen LogP contribution in [0.3, 0.4) is 0 Å². The van der Waals surface area contributed by atoms with Crippen molar-refractivity contribution in [3.05, 3.63) is 70.7 Å². The molecule has 2 fully saturated rings. The average Bonchev–Trinajstić information content (AvgIpc) is 3.38. The van der Waals surface area contributed by atoms with Crippen LogP contribution in [0.5, 0.6) is 5.75 Å². The molecular weight excluding hydrogens is 436 g/mol. The smallest absolute Gasteiger partial charge is 0.273 e. The van der Waals surface area contributed by atoms with E-state index in [9.17, 15) is 9.59 Å². The zero-order valence-electron chi connectivity index (χ0n) is 18.5. The molecule has 8 heteroatoms. The molecule has 0 N–H and O–H groups in total. The summed E-state index contributed by atoms with van der Waals surface area (Å²) in [5.74, 6) is 0.892. The number of thiazole rings is 1. The largest absolute Gasteiger partial charge is 0.497 e. The number of methoxy groups -OCH3 is 1. The molecule has 2 aliphatic heterocycles. The maximum absolute atomic E-state index is 13.0. The Hall–Kier alpha value is -3.23. The zero-order chi connectivity index (χ0) is 22.8. The second-order valence-electron chi connectivity index (χ2n) is 8.38. The molecule has 0 saturated carbocycles. The number of benzene rings is 2. The van der Waals surface area contributed by atoms with E-state index in [2.05, 4.69) is 9.88 Å². The lowest BCUT2D eigenvalue weighted by Gasteiger charge is -2.48. The fourth-order valence-electron chi connectivity index (χ4n) is 4.42. The molecule has 0 spiro atoms. The van der Waals surface area contributed by atoms with Gasteiger partial charge in [-0.25, -0.2) is 4.98 Å². The molecule has 0 atom stereocenters. The molecule has 2 saturated heterocycles. The van der Waals surface area contributed by atoms with Gasteiger partial charge in [-0.2, -0.15) is 0 Å². The number of hydrogen-bond donors (Lipinski definition) is 0. The van der Waals surface area contributed by atoms with E-state index >= 15 is 0 Å². The first-order valence-electron chi connectivity index (χ1n) is 11.1. The number of ether oxygens (including phenoxy) is 1. The van der Waals surface area contributed by atoms with Gasteiger partial charge < -0.3 is 14.5 Å². The van der Waals surface area contributed by atoms with Crippen LogP contribution < -0.4 is 4.74 Å². The van der Waals surface area contributed by atoms with Crippen LogP contribution in [0.2, 0.25) is 0 Å². The summed E-state index contributed by atoms with van der Waals surface area (Å²) in [5, 5.41) is 1.80. The van der Waals surface area contributed by atoms with Crippen molar-refractivity contribution in [2.75, 3.05) is 46.4 Å². The molecule has 3 heterocycles. The van der Waals surface area contributed by atoms with Crippen molar-refractivity contribution in [2.24, 2.45) is 0 Å². The molecule has 170 valence electrons. The molecule has 33 heavy (non-hydrogen) atoms. The van der Waals surface area contributed by atoms with E-state index < -0.39 is 0 Å². The van der Waals surface area contributed by atoms with Gasteiger partial charge in [0.2, 0.25) is 0 Å². The van der Waals surface area contributed by atoms with Crippen molar-refractivity contribution < 1.29 is 14.3 Å². The molecule has 5 rings (SSSR count). The van der Waals surface area contributed by atoms with Crippen LogP contribution in [0.15, 0.2) is 59.4 Å². The van der Waals surface area contributed by atoms with Gasteiger partial charge in [-0.1, -0.05) is 24.3 Å². The van der Waals surface area contributed by atoms with Gasteiger partial charge in [-0.05, 0) is 35.4 Å². The SMILES string of the molecule is COc1ccc(-c2cccc(C(=O)N3CC(N4CCN(C(=O)c5cscn5)CC4)C3)c2)cc1. The number of piperazine rings is 1. The minimum absolute atomic E-state index is 0.0121. The van der Waals surface area contributed by atoms with Gasteiger partial charge in [0.1, 0.15) is 11.4 Å². The fourth-order valence-corrected chi connectivity index (χ4v) is 4.95. The summed E-state index contributed by atoms with van der Waals surface area (Å²) in [5.41, 5.74) is 5.00. The number of carbonyl (C=O) groups is 2. The number of nitrogens with zero attached hydrogens (tertiary/aromatic N) is 4. The third kappa shape index (κ3) is 4.49. The van der Waals surface area contributed by atoms with Gasteiger partial charge in [0.25, 0.3) is 11.8 Å². The van der Waals surface area contributed by atoms with Gasteiger partial charge >= 0.3 is 0 Å². The van der Waals surface area contributed by atoms with Crippen LogP contribution in [0.25, 0.3) is 11.1 Å². The lowest BCUT2D eigenvalue weighted by molar-refractivity contribution is 0.00844. The van der Waals surface area contributed by atoms with Crippen LogP contribution in [-0.4, -0.2) is 83.9 Å². The average molecular weight is 463 g/mol. The van der Waals surface area contributed by atoms with Crippen LogP contribution in [0.4, 0.5) is 0 Å². The molecule has 0 radical (unpaired) electrons. The molecule has 7 nitrogen and oxygen atoms in total. The topological polar surface area (TPSA) is 66.0 Å². The molecule has 0 bridgehead atoms. The summed E-state index contributed by atoms with van der Waals surface area (Å²) in [6.45, 7) is 4.51. The third-order valence-electron chi connectivity index (χ3n) is 6.45. The van der Waals surface area contributed by atoms with Crippen molar-refractivity contribution in [3.8, 4) is 16.9 Å². The second-order valence-corrected chi connectivity index (χ2v) is 9.09. The van der Waals surface area contributed by atoms with Crippen molar-refractivity contribution in [1.29, 1.82) is 0 Å². The van der Waals surface area contributed by atoms with Gasteiger partial charge in [0.15, 0.2) is 0 Å². The summed E-state index contributed by atoms with van der Waals surface area (Å²) in [6.07, 6.45) is 0. The Morgan fingerprint density at radius 1 is 0.939 bits per heavy atom. The predicted octanol–water partition coefficient (Wildman–Crippen LogP) is 3.10. The number of hydrogen-bond acceptors (Lipinski definition) is 6. The Bertz CT molecular complexity index is 1120. The van der Waals surface area contributed by atoms with Gasteiger partial charge in [0.05, 0.1) is 12.6 Å². The van der Waals surface area contributed by atoms with E-state index in [1.165, 1.54) is 11.3 Å². The van der Waals surface area contributed by atoms with Crippen molar-refractivity contribution >= 4 is 23.2 Å². The highest BCUT2D eigenvalue weighted by Crippen LogP contribution is 2.25. The number of likely N-dealkylation sites (tertiary alicyclic amines) is 1. The van der Waals surface area contributed by atoms with Crippen LogP contribution in [0.1, 0.15) is 20.8 Å². The van der Waals surface area contributed by atoms with E-state index in [0.717, 1.165) is 43.1 Å². The van der Waals surface area contributed by atoms with Gasteiger partial charge in [-0.3, -0.25) is 14.5 Å². The highest BCUT2D eigenvalue weighted by molar-refractivity contribution is 7.07. The van der Waals surface area contributed by atoms with Crippen LogP contribution >= 0.6 is 11.3 Å². The maximum Gasteiger partial charge on any atom is 0.273 e. The normalized spacial score (nSPS) is 17.0. The van der Waals surface area contributed by atoms with E-state index in [1.807, 2.05) is 58.3 Å². The minimum atomic E-state index is 0.0121. The van der Waals surface area contributed by atoms with Crippen LogP contribution in [-0.2, 0) is 0 Å². The first-order chi connectivity index (χ1) is 16.1. The molecule has 0 aliphatic carbocycles. The third-order valence-corrected chi connectivity index (χ3v) is 7.04. The van der Waals surface area contributed by atoms with E-state index in [0.29, 0.717) is 30.4 Å². The summed E-state index contributed by atoms with van der Waals surface area (Å²) < 4.78 is 5.23. The molecule has 1 aromatic heterocycles. The minimum Gasteiger partial charge on any atom is -0.497 e. The van der Waals surface area contributed by atoms with Gasteiger partial charge in [-0.15, -0.1) is 11.3 Å². The van der Waals surface area contributed by atoms with Gasteiger partial charge in [0, 0.05) is 56.3 Å². The monoisotopic (exact) mass is 462 g/mol. The molecule has 2 amide bonds. The van der Waals surface area contributed by atoms with E-state index in [-0.39, 0.29) is 11.8 Å². The van der Waals surface area contributed by atoms with Crippen molar-refractivity contribution in [2.45, 2.75) is 6.04 Å². The number of aromatic nitrogens is 1. The Kier molecular flexibility index (Phi) is 6.11. The summed E-state index contributed by atoms with van der Waals surface area (Å²) in [4.78, 5) is 35.8. The highest BCUT2D eigenvalue weighted by Gasteiger charge is 2.37. The molecule has 2 aromatic carbocycles. The summed E-state index contributed by atoms with van der Waals surface area (Å²) >= 11 is 1.44. The molecule has 2 aliphatic rings.